The molecule has 3 nitrogen and oxygen atoms in total. The molecule has 2 aromatic rings. The van der Waals surface area contributed by atoms with Gasteiger partial charge in [-0.1, -0.05) is 22.0 Å². The number of hydrogen-bond acceptors (Lipinski definition) is 2. The molecule has 1 N–H and O–H groups in total. The number of carboxylic acid groups (broad SMARTS) is 1. The van der Waals surface area contributed by atoms with Gasteiger partial charge in [0.2, 0.25) is 0 Å². The van der Waals surface area contributed by atoms with Gasteiger partial charge in [0.05, 0.1) is 0 Å². The number of aliphatic carboxylic acids is 1. The Hall–Kier alpha value is -2.07. The first-order valence-corrected chi connectivity index (χ1v) is 7.20. The molecule has 0 heterocycles. The second-order valence-electron chi connectivity index (χ2n) is 4.71. The first-order valence-electron chi connectivity index (χ1n) is 6.41. The molecular weight excluding hydrogens is 332 g/mol. The topological polar surface area (TPSA) is 46.5 Å². The summed E-state index contributed by atoms with van der Waals surface area (Å²) in [6.45, 7) is 3.93. The fourth-order valence-corrected chi connectivity index (χ4v) is 2.11. The van der Waals surface area contributed by atoms with E-state index in [1.54, 1.807) is 6.08 Å². The van der Waals surface area contributed by atoms with Crippen LogP contribution >= 0.6 is 15.9 Å². The van der Waals surface area contributed by atoms with E-state index in [1.807, 2.05) is 50.2 Å². The van der Waals surface area contributed by atoms with E-state index >= 15 is 0 Å². The molecule has 2 aromatic carbocycles. The lowest BCUT2D eigenvalue weighted by atomic mass is 10.1. The summed E-state index contributed by atoms with van der Waals surface area (Å²) in [4.78, 5) is 10.5. The Labute approximate surface area is 132 Å². The molecule has 21 heavy (non-hydrogen) atoms. The summed E-state index contributed by atoms with van der Waals surface area (Å²) in [5, 5.41) is 8.63. The van der Waals surface area contributed by atoms with Crippen LogP contribution in [0.25, 0.3) is 6.08 Å². The van der Waals surface area contributed by atoms with E-state index in [-0.39, 0.29) is 0 Å². The normalized spacial score (nSPS) is 10.8. The van der Waals surface area contributed by atoms with Crippen molar-refractivity contribution in [3.8, 4) is 11.5 Å². The molecule has 0 fully saturated rings. The van der Waals surface area contributed by atoms with Crippen molar-refractivity contribution in [2.45, 2.75) is 13.8 Å². The summed E-state index contributed by atoms with van der Waals surface area (Å²) in [5.74, 6) is 0.565. The Morgan fingerprint density at radius 2 is 1.90 bits per heavy atom. The van der Waals surface area contributed by atoms with Gasteiger partial charge in [-0.05, 0) is 66.9 Å². The third-order valence-electron chi connectivity index (χ3n) is 2.97. The average Bonchev–Trinajstić information content (AvgIpc) is 2.43. The lowest BCUT2D eigenvalue weighted by molar-refractivity contribution is -0.131. The van der Waals surface area contributed by atoms with Crippen molar-refractivity contribution >= 4 is 28.0 Å². The molecule has 0 atom stereocenters. The minimum Gasteiger partial charge on any atom is -0.478 e. The maximum Gasteiger partial charge on any atom is 0.328 e. The first kappa shape index (κ1) is 15.3. The van der Waals surface area contributed by atoms with Crippen LogP contribution in [0.3, 0.4) is 0 Å². The lowest BCUT2D eigenvalue weighted by Gasteiger charge is -2.10. The Bertz CT molecular complexity index is 705. The Balaban J connectivity index is 2.21. The molecule has 0 aliphatic heterocycles. The Morgan fingerprint density at radius 3 is 2.52 bits per heavy atom. The van der Waals surface area contributed by atoms with Gasteiger partial charge in [0.25, 0.3) is 0 Å². The molecule has 2 rings (SSSR count). The molecule has 0 aliphatic carbocycles. The van der Waals surface area contributed by atoms with Gasteiger partial charge < -0.3 is 9.84 Å². The van der Waals surface area contributed by atoms with Crippen molar-refractivity contribution in [3.63, 3.8) is 0 Å². The van der Waals surface area contributed by atoms with Crippen LogP contribution in [0.15, 0.2) is 46.9 Å². The van der Waals surface area contributed by atoms with E-state index in [0.717, 1.165) is 38.7 Å². The SMILES string of the molecule is Cc1cc(Oc2ccc(/C=C/C(=O)O)cc2C)ccc1Br. The number of aryl methyl sites for hydroxylation is 2. The van der Waals surface area contributed by atoms with Crippen LogP contribution in [0.1, 0.15) is 16.7 Å². The Morgan fingerprint density at radius 1 is 1.14 bits per heavy atom. The van der Waals surface area contributed by atoms with Crippen LogP contribution in [0, 0.1) is 13.8 Å². The van der Waals surface area contributed by atoms with E-state index in [2.05, 4.69) is 15.9 Å². The smallest absolute Gasteiger partial charge is 0.328 e. The zero-order valence-electron chi connectivity index (χ0n) is 11.8. The van der Waals surface area contributed by atoms with Crippen LogP contribution in [-0.2, 0) is 4.79 Å². The number of carbonyl (C=O) groups is 1. The van der Waals surface area contributed by atoms with Gasteiger partial charge in [0.1, 0.15) is 11.5 Å². The summed E-state index contributed by atoms with van der Waals surface area (Å²) in [6.07, 6.45) is 2.68. The number of hydrogen-bond donors (Lipinski definition) is 1. The minimum absolute atomic E-state index is 0.754. The maximum atomic E-state index is 10.5. The molecule has 0 bridgehead atoms. The second-order valence-corrected chi connectivity index (χ2v) is 5.56. The molecule has 108 valence electrons. The van der Waals surface area contributed by atoms with Gasteiger partial charge in [-0.25, -0.2) is 4.79 Å². The summed E-state index contributed by atoms with van der Waals surface area (Å²) >= 11 is 3.46. The van der Waals surface area contributed by atoms with Crippen molar-refractivity contribution in [3.05, 3.63) is 63.6 Å². The predicted molar refractivity (Wildman–Crippen MR) is 86.8 cm³/mol. The number of halogens is 1. The van der Waals surface area contributed by atoms with Crippen molar-refractivity contribution < 1.29 is 14.6 Å². The highest BCUT2D eigenvalue weighted by Gasteiger charge is 2.04. The summed E-state index contributed by atoms with van der Waals surface area (Å²) < 4.78 is 6.91. The van der Waals surface area contributed by atoms with Crippen molar-refractivity contribution in [1.82, 2.24) is 0 Å². The summed E-state index contributed by atoms with van der Waals surface area (Å²) in [6, 6.07) is 11.4. The number of ether oxygens (including phenoxy) is 1. The van der Waals surface area contributed by atoms with Gasteiger partial charge in [-0.3, -0.25) is 0 Å². The molecule has 0 radical (unpaired) electrons. The highest BCUT2D eigenvalue weighted by atomic mass is 79.9. The fraction of sp³-hybridized carbons (Fsp3) is 0.118. The Kier molecular flexibility index (Phi) is 4.81. The van der Waals surface area contributed by atoms with Crippen LogP contribution < -0.4 is 4.74 Å². The van der Waals surface area contributed by atoms with E-state index in [9.17, 15) is 4.79 Å². The number of carboxylic acids is 1. The minimum atomic E-state index is -0.960. The molecule has 0 saturated carbocycles. The number of benzene rings is 2. The summed E-state index contributed by atoms with van der Waals surface area (Å²) in [5.41, 5.74) is 2.88. The molecule has 0 aliphatic rings. The van der Waals surface area contributed by atoms with Crippen molar-refractivity contribution in [1.29, 1.82) is 0 Å². The molecule has 0 amide bonds. The maximum absolute atomic E-state index is 10.5. The van der Waals surface area contributed by atoms with Gasteiger partial charge in [-0.2, -0.15) is 0 Å². The standard InChI is InChI=1S/C17H15BrO3/c1-11-10-14(5-6-15(11)18)21-16-7-3-13(9-12(16)2)4-8-17(19)20/h3-10H,1-2H3,(H,19,20)/b8-4+. The van der Waals surface area contributed by atoms with Gasteiger partial charge >= 0.3 is 5.97 Å². The predicted octanol–water partition coefficient (Wildman–Crippen LogP) is 4.96. The number of rotatable bonds is 4. The molecule has 4 heteroatoms. The molecule has 0 saturated heterocycles. The van der Waals surface area contributed by atoms with Gasteiger partial charge in [0.15, 0.2) is 0 Å². The van der Waals surface area contributed by atoms with E-state index < -0.39 is 5.97 Å². The zero-order valence-corrected chi connectivity index (χ0v) is 13.3. The van der Waals surface area contributed by atoms with Crippen LogP contribution in [0.2, 0.25) is 0 Å². The lowest BCUT2D eigenvalue weighted by Crippen LogP contribution is -1.90. The molecular formula is C17H15BrO3. The van der Waals surface area contributed by atoms with E-state index in [4.69, 9.17) is 9.84 Å². The van der Waals surface area contributed by atoms with Gasteiger partial charge in [0, 0.05) is 10.5 Å². The fourth-order valence-electron chi connectivity index (χ4n) is 1.87. The average molecular weight is 347 g/mol. The highest BCUT2D eigenvalue weighted by molar-refractivity contribution is 9.10. The van der Waals surface area contributed by atoms with Crippen molar-refractivity contribution in [2.75, 3.05) is 0 Å². The third-order valence-corrected chi connectivity index (χ3v) is 3.86. The van der Waals surface area contributed by atoms with Gasteiger partial charge in [-0.15, -0.1) is 0 Å². The largest absolute Gasteiger partial charge is 0.478 e. The van der Waals surface area contributed by atoms with E-state index in [0.29, 0.717) is 0 Å². The molecule has 0 unspecified atom stereocenters. The van der Waals surface area contributed by atoms with Crippen LogP contribution in [0.4, 0.5) is 0 Å². The monoisotopic (exact) mass is 346 g/mol. The molecule has 0 spiro atoms. The van der Waals surface area contributed by atoms with Crippen LogP contribution in [0.5, 0.6) is 11.5 Å². The molecule has 0 aromatic heterocycles. The van der Waals surface area contributed by atoms with Crippen molar-refractivity contribution in [2.24, 2.45) is 0 Å². The second kappa shape index (κ2) is 6.59. The van der Waals surface area contributed by atoms with E-state index in [1.165, 1.54) is 0 Å². The third kappa shape index (κ3) is 4.20. The van der Waals surface area contributed by atoms with Crippen LogP contribution in [-0.4, -0.2) is 11.1 Å². The first-order chi connectivity index (χ1) is 9.95. The quantitative estimate of drug-likeness (QED) is 0.796. The highest BCUT2D eigenvalue weighted by Crippen LogP contribution is 2.28. The zero-order chi connectivity index (χ0) is 15.4. The summed E-state index contributed by atoms with van der Waals surface area (Å²) in [7, 11) is 0.